The fourth-order valence-electron chi connectivity index (χ4n) is 7.34. The number of carbonyl (C=O) groups excluding carboxylic acids is 1. The van der Waals surface area contributed by atoms with Crippen LogP contribution in [-0.4, -0.2) is 19.1 Å². The largest absolute Gasteiger partial charge is 0.469 e. The number of rotatable bonds is 4. The monoisotopic (exact) mass is 313 g/mol. The summed E-state index contributed by atoms with van der Waals surface area (Å²) < 4.78 is 18.2. The average Bonchev–Trinajstić information content (AvgIpc) is 3.42. The molecule has 1 aromatic rings. The first-order valence-corrected chi connectivity index (χ1v) is 8.78. The first kappa shape index (κ1) is 12.9. The van der Waals surface area contributed by atoms with Gasteiger partial charge in [0.05, 0.1) is 13.0 Å². The summed E-state index contributed by atoms with van der Waals surface area (Å²) in [6.07, 6.45) is 0. The van der Waals surface area contributed by atoms with Gasteiger partial charge >= 0.3 is 5.97 Å². The Morgan fingerprint density at radius 3 is 2.17 bits per heavy atom. The van der Waals surface area contributed by atoms with Crippen LogP contribution in [0.3, 0.4) is 0 Å². The third-order valence-corrected chi connectivity index (χ3v) is 7.75. The first-order valence-electron chi connectivity index (χ1n) is 8.78. The minimum atomic E-state index is -0.205. The molecule has 1 aromatic carbocycles. The van der Waals surface area contributed by atoms with Crippen LogP contribution in [0.25, 0.3) is 0 Å². The van der Waals surface area contributed by atoms with E-state index < -0.39 is 0 Å². The lowest BCUT2D eigenvalue weighted by Crippen LogP contribution is -2.57. The summed E-state index contributed by atoms with van der Waals surface area (Å²) in [6.45, 7) is 0.700. The Morgan fingerprint density at radius 2 is 1.57 bits per heavy atom. The second-order valence-corrected chi connectivity index (χ2v) is 8.20. The summed E-state index contributed by atoms with van der Waals surface area (Å²) in [5.41, 5.74) is 1.07. The zero-order valence-electron chi connectivity index (χ0n) is 13.0. The molecule has 8 atom stereocenters. The van der Waals surface area contributed by atoms with E-state index in [4.69, 9.17) is 4.74 Å². The predicted molar refractivity (Wildman–Crippen MR) is 80.5 cm³/mol. The standard InChI is InChI=1S/C19H20FNO2/c1-23-19(22)17-15-11-9-10-12(15)14(10)16(13(9)11)18(17)21-6-7-2-4-8(20)5-3-7/h2-5,9-18,21H,6H2,1H3/t9?,10?,11?,12?,13?,14?,15?,16?,17-,18+/m1/s1. The summed E-state index contributed by atoms with van der Waals surface area (Å²) >= 11 is 0. The van der Waals surface area contributed by atoms with Crippen LogP contribution >= 0.6 is 0 Å². The van der Waals surface area contributed by atoms with Gasteiger partial charge in [-0.05, 0) is 65.0 Å². The number of fused-ring (bicyclic) bond motifs is 1. The smallest absolute Gasteiger partial charge is 0.310 e. The van der Waals surface area contributed by atoms with Gasteiger partial charge in [-0.25, -0.2) is 4.39 Å². The molecule has 0 amide bonds. The fourth-order valence-corrected chi connectivity index (χ4v) is 7.34. The highest BCUT2D eigenvalue weighted by Crippen LogP contribution is 2.92. The van der Waals surface area contributed by atoms with Gasteiger partial charge < -0.3 is 10.1 Å². The minimum Gasteiger partial charge on any atom is -0.469 e. The average molecular weight is 313 g/mol. The van der Waals surface area contributed by atoms with Crippen LogP contribution in [0.2, 0.25) is 0 Å². The normalized spacial score (nSPS) is 52.4. The molecule has 2 bridgehead atoms. The van der Waals surface area contributed by atoms with E-state index in [0.717, 1.165) is 41.1 Å². The molecule has 120 valence electrons. The van der Waals surface area contributed by atoms with Crippen LogP contribution in [0.1, 0.15) is 5.56 Å². The highest BCUT2D eigenvalue weighted by atomic mass is 19.1. The molecule has 0 saturated heterocycles. The number of hydrogen-bond acceptors (Lipinski definition) is 3. The van der Waals surface area contributed by atoms with E-state index in [2.05, 4.69) is 5.32 Å². The molecule has 0 spiro atoms. The van der Waals surface area contributed by atoms with Gasteiger partial charge in [-0.3, -0.25) is 4.79 Å². The van der Waals surface area contributed by atoms with Crippen molar-refractivity contribution < 1.29 is 13.9 Å². The van der Waals surface area contributed by atoms with Crippen LogP contribution in [-0.2, 0) is 16.1 Å². The van der Waals surface area contributed by atoms with Crippen molar-refractivity contribution in [3.8, 4) is 0 Å². The maximum Gasteiger partial charge on any atom is 0.310 e. The zero-order valence-corrected chi connectivity index (χ0v) is 13.0. The minimum absolute atomic E-state index is 0.0216. The van der Waals surface area contributed by atoms with Crippen molar-refractivity contribution in [2.45, 2.75) is 12.6 Å². The van der Waals surface area contributed by atoms with Gasteiger partial charge in [-0.2, -0.15) is 0 Å². The van der Waals surface area contributed by atoms with Gasteiger partial charge in [-0.1, -0.05) is 12.1 Å². The van der Waals surface area contributed by atoms with Crippen LogP contribution in [0.15, 0.2) is 24.3 Å². The molecule has 23 heavy (non-hydrogen) atoms. The number of nitrogens with one attached hydrogen (secondary N) is 1. The Labute approximate surface area is 134 Å². The number of carbonyl (C=O) groups is 1. The van der Waals surface area contributed by atoms with E-state index >= 15 is 0 Å². The Balaban J connectivity index is 1.28. The van der Waals surface area contributed by atoms with E-state index in [-0.39, 0.29) is 23.7 Å². The van der Waals surface area contributed by atoms with Gasteiger partial charge in [0.15, 0.2) is 0 Å². The van der Waals surface area contributed by atoms with Gasteiger partial charge in [0, 0.05) is 12.6 Å². The molecule has 6 aliphatic carbocycles. The summed E-state index contributed by atoms with van der Waals surface area (Å²) in [6, 6.07) is 6.89. The topological polar surface area (TPSA) is 38.3 Å². The zero-order chi connectivity index (χ0) is 15.5. The van der Waals surface area contributed by atoms with Crippen molar-refractivity contribution in [1.29, 1.82) is 0 Å². The Bertz CT molecular complexity index is 682. The Morgan fingerprint density at radius 1 is 1.00 bits per heavy atom. The molecule has 4 heteroatoms. The lowest BCUT2D eigenvalue weighted by Gasteiger charge is -2.46. The molecule has 0 aromatic heterocycles. The first-order chi connectivity index (χ1) is 11.2. The Hall–Kier alpha value is -1.42. The Kier molecular flexibility index (Phi) is 2.23. The van der Waals surface area contributed by atoms with Gasteiger partial charge in [0.25, 0.3) is 0 Å². The maximum atomic E-state index is 13.1. The molecule has 0 aliphatic heterocycles. The molecule has 6 fully saturated rings. The van der Waals surface area contributed by atoms with Crippen molar-refractivity contribution in [3.63, 3.8) is 0 Å². The highest BCUT2D eigenvalue weighted by molar-refractivity contribution is 5.75. The number of ether oxygens (including phenoxy) is 1. The van der Waals surface area contributed by atoms with Crippen molar-refractivity contribution in [2.75, 3.05) is 7.11 Å². The third-order valence-electron chi connectivity index (χ3n) is 7.75. The quantitative estimate of drug-likeness (QED) is 0.865. The molecule has 3 nitrogen and oxygen atoms in total. The van der Waals surface area contributed by atoms with Gasteiger partial charge in [0.2, 0.25) is 0 Å². The van der Waals surface area contributed by atoms with Crippen LogP contribution in [0.5, 0.6) is 0 Å². The van der Waals surface area contributed by atoms with E-state index in [0.29, 0.717) is 18.4 Å². The third kappa shape index (κ3) is 1.39. The molecule has 1 N–H and O–H groups in total. The predicted octanol–water partition coefficient (Wildman–Crippen LogP) is 2.07. The van der Waals surface area contributed by atoms with Crippen molar-refractivity contribution >= 4 is 5.97 Å². The van der Waals surface area contributed by atoms with Gasteiger partial charge in [-0.15, -0.1) is 0 Å². The van der Waals surface area contributed by atoms with E-state index in [9.17, 15) is 9.18 Å². The second kappa shape index (κ2) is 3.97. The summed E-state index contributed by atoms with van der Waals surface area (Å²) in [7, 11) is 1.52. The maximum absolute atomic E-state index is 13.1. The van der Waals surface area contributed by atoms with Crippen LogP contribution in [0, 0.1) is 59.1 Å². The van der Waals surface area contributed by atoms with Crippen molar-refractivity contribution in [3.05, 3.63) is 35.6 Å². The molecule has 0 radical (unpaired) electrons. The number of methoxy groups -OCH3 is 1. The van der Waals surface area contributed by atoms with Crippen molar-refractivity contribution in [2.24, 2.45) is 53.3 Å². The number of benzene rings is 1. The molecular formula is C19H20FNO2. The molecule has 6 aliphatic rings. The number of hydrogen-bond donors (Lipinski definition) is 1. The number of halogens is 1. The van der Waals surface area contributed by atoms with E-state index in [1.54, 1.807) is 0 Å². The number of esters is 1. The lowest BCUT2D eigenvalue weighted by atomic mass is 9.61. The molecule has 6 unspecified atom stereocenters. The summed E-state index contributed by atoms with van der Waals surface area (Å²) in [4.78, 5) is 12.4. The molecule has 6 saturated carbocycles. The fraction of sp³-hybridized carbons (Fsp3) is 0.632. The molecular weight excluding hydrogens is 293 g/mol. The SMILES string of the molecule is COC(=O)[C@@H]1C2C3C4C5C2C5C(C43)[C@@H]1NCc1ccc(F)cc1. The van der Waals surface area contributed by atoms with Crippen LogP contribution in [0.4, 0.5) is 4.39 Å². The van der Waals surface area contributed by atoms with Crippen LogP contribution < -0.4 is 5.32 Å². The van der Waals surface area contributed by atoms with E-state index in [1.165, 1.54) is 19.2 Å². The lowest BCUT2D eigenvalue weighted by molar-refractivity contribution is -0.154. The van der Waals surface area contributed by atoms with E-state index in [1.807, 2.05) is 12.1 Å². The molecule has 0 heterocycles. The molecule has 7 rings (SSSR count). The second-order valence-electron chi connectivity index (χ2n) is 8.20. The van der Waals surface area contributed by atoms with Crippen molar-refractivity contribution in [1.82, 2.24) is 5.32 Å². The highest BCUT2D eigenvalue weighted by Gasteiger charge is 2.91. The van der Waals surface area contributed by atoms with Gasteiger partial charge in [0.1, 0.15) is 5.82 Å². The summed E-state index contributed by atoms with van der Waals surface area (Å²) in [5.74, 6) is 6.34. The summed E-state index contributed by atoms with van der Waals surface area (Å²) in [5, 5.41) is 3.66.